The SMILES string of the molecule is C#C/C=C(\C=C(\C)CCc1c(C)cc(N2CCOCC2)cc1C)N1CCOCC1. The third kappa shape index (κ3) is 5.88. The molecule has 0 atom stereocenters. The molecule has 156 valence electrons. The molecule has 2 aliphatic heterocycles. The van der Waals surface area contributed by atoms with E-state index in [2.05, 4.69) is 54.7 Å². The van der Waals surface area contributed by atoms with Crippen molar-refractivity contribution in [2.45, 2.75) is 33.6 Å². The number of aryl methyl sites for hydroxylation is 2. The molecule has 0 unspecified atom stereocenters. The molecule has 0 saturated carbocycles. The Balaban J connectivity index is 1.67. The van der Waals surface area contributed by atoms with E-state index in [9.17, 15) is 0 Å². The molecule has 2 saturated heterocycles. The molecule has 4 nitrogen and oxygen atoms in total. The summed E-state index contributed by atoms with van der Waals surface area (Å²) in [4.78, 5) is 4.75. The van der Waals surface area contributed by atoms with Crippen LogP contribution in [0.3, 0.4) is 0 Å². The molecular weight excluding hydrogens is 360 g/mol. The largest absolute Gasteiger partial charge is 0.378 e. The van der Waals surface area contributed by atoms with Crippen LogP contribution in [0.2, 0.25) is 0 Å². The van der Waals surface area contributed by atoms with Gasteiger partial charge in [-0.25, -0.2) is 0 Å². The van der Waals surface area contributed by atoms with Crippen molar-refractivity contribution in [3.63, 3.8) is 0 Å². The smallest absolute Gasteiger partial charge is 0.0642 e. The van der Waals surface area contributed by atoms with Crippen molar-refractivity contribution in [1.29, 1.82) is 0 Å². The van der Waals surface area contributed by atoms with Crippen molar-refractivity contribution < 1.29 is 9.47 Å². The lowest BCUT2D eigenvalue weighted by Gasteiger charge is -2.30. The topological polar surface area (TPSA) is 24.9 Å². The highest BCUT2D eigenvalue weighted by molar-refractivity contribution is 5.54. The monoisotopic (exact) mass is 394 g/mol. The number of anilines is 1. The minimum Gasteiger partial charge on any atom is -0.378 e. The van der Waals surface area contributed by atoms with E-state index < -0.39 is 0 Å². The van der Waals surface area contributed by atoms with Gasteiger partial charge in [-0.2, -0.15) is 0 Å². The molecule has 1 aromatic carbocycles. The quantitative estimate of drug-likeness (QED) is 0.540. The fourth-order valence-corrected chi connectivity index (χ4v) is 4.15. The van der Waals surface area contributed by atoms with E-state index in [0.717, 1.165) is 71.1 Å². The van der Waals surface area contributed by atoms with Gasteiger partial charge in [0.2, 0.25) is 0 Å². The first-order chi connectivity index (χ1) is 14.1. The maximum absolute atomic E-state index is 5.57. The Morgan fingerprint density at radius 3 is 2.21 bits per heavy atom. The zero-order valence-electron chi connectivity index (χ0n) is 18.2. The molecule has 0 amide bonds. The number of ether oxygens (including phenoxy) is 2. The first-order valence-electron chi connectivity index (χ1n) is 10.7. The minimum atomic E-state index is 0.767. The first kappa shape index (κ1) is 21.5. The van der Waals surface area contributed by atoms with E-state index >= 15 is 0 Å². The Morgan fingerprint density at radius 1 is 1.03 bits per heavy atom. The van der Waals surface area contributed by atoms with Crippen LogP contribution < -0.4 is 4.90 Å². The molecule has 4 heteroatoms. The Kier molecular flexibility index (Phi) is 7.80. The number of hydrogen-bond acceptors (Lipinski definition) is 4. The maximum atomic E-state index is 5.57. The second-order valence-electron chi connectivity index (χ2n) is 7.98. The van der Waals surface area contributed by atoms with Gasteiger partial charge in [-0.05, 0) is 68.5 Å². The molecule has 0 N–H and O–H groups in total. The van der Waals surface area contributed by atoms with Crippen molar-refractivity contribution in [3.8, 4) is 12.3 Å². The number of terminal acetylenes is 1. The van der Waals surface area contributed by atoms with Gasteiger partial charge in [0.15, 0.2) is 0 Å². The predicted octanol–water partition coefficient (Wildman–Crippen LogP) is 3.87. The zero-order chi connectivity index (χ0) is 20.6. The Bertz CT molecular complexity index is 769. The van der Waals surface area contributed by atoms with Crippen LogP contribution in [0, 0.1) is 26.2 Å². The van der Waals surface area contributed by atoms with Crippen LogP contribution in [0.4, 0.5) is 5.69 Å². The van der Waals surface area contributed by atoms with Crippen LogP contribution in [0.1, 0.15) is 30.0 Å². The van der Waals surface area contributed by atoms with Crippen LogP contribution in [-0.2, 0) is 15.9 Å². The van der Waals surface area contributed by atoms with Crippen LogP contribution in [0.5, 0.6) is 0 Å². The van der Waals surface area contributed by atoms with E-state index in [0.29, 0.717) is 0 Å². The maximum Gasteiger partial charge on any atom is 0.0642 e. The van der Waals surface area contributed by atoms with Crippen molar-refractivity contribution in [2.75, 3.05) is 57.5 Å². The Labute approximate surface area is 176 Å². The Hall–Kier alpha value is -2.22. The van der Waals surface area contributed by atoms with E-state index in [1.165, 1.54) is 28.0 Å². The summed E-state index contributed by atoms with van der Waals surface area (Å²) in [6.45, 7) is 13.6. The van der Waals surface area contributed by atoms with Gasteiger partial charge in [0, 0.05) is 43.6 Å². The van der Waals surface area contributed by atoms with Gasteiger partial charge < -0.3 is 19.3 Å². The van der Waals surface area contributed by atoms with E-state index in [1.54, 1.807) is 0 Å². The number of hydrogen-bond donors (Lipinski definition) is 0. The van der Waals surface area contributed by atoms with Crippen LogP contribution >= 0.6 is 0 Å². The highest BCUT2D eigenvalue weighted by Gasteiger charge is 2.15. The lowest BCUT2D eigenvalue weighted by Crippen LogP contribution is -2.36. The summed E-state index contributed by atoms with van der Waals surface area (Å²) in [5.41, 5.74) is 8.03. The van der Waals surface area contributed by atoms with Crippen molar-refractivity contribution in [3.05, 3.63) is 52.2 Å². The first-order valence-corrected chi connectivity index (χ1v) is 10.7. The number of nitrogens with zero attached hydrogens (tertiary/aromatic N) is 2. The number of morpholine rings is 2. The molecule has 1 aromatic rings. The molecule has 3 rings (SSSR count). The summed E-state index contributed by atoms with van der Waals surface area (Å²) in [7, 11) is 0. The fourth-order valence-electron chi connectivity index (χ4n) is 4.15. The van der Waals surface area contributed by atoms with Crippen LogP contribution in [0.15, 0.2) is 35.6 Å². The number of allylic oxidation sites excluding steroid dienone is 3. The van der Waals surface area contributed by atoms with Gasteiger partial charge in [-0.15, -0.1) is 6.42 Å². The van der Waals surface area contributed by atoms with Crippen molar-refractivity contribution >= 4 is 5.69 Å². The lowest BCUT2D eigenvalue weighted by atomic mass is 9.95. The summed E-state index contributed by atoms with van der Waals surface area (Å²) < 4.78 is 11.0. The highest BCUT2D eigenvalue weighted by Crippen LogP contribution is 2.26. The van der Waals surface area contributed by atoms with Gasteiger partial charge in [0.05, 0.1) is 26.4 Å². The number of rotatable bonds is 6. The molecule has 29 heavy (non-hydrogen) atoms. The summed E-state index contributed by atoms with van der Waals surface area (Å²) in [6.07, 6.45) is 11.8. The van der Waals surface area contributed by atoms with Crippen molar-refractivity contribution in [2.24, 2.45) is 0 Å². The zero-order valence-corrected chi connectivity index (χ0v) is 18.2. The van der Waals surface area contributed by atoms with Gasteiger partial charge in [0.25, 0.3) is 0 Å². The summed E-state index contributed by atoms with van der Waals surface area (Å²) in [5, 5.41) is 0. The Morgan fingerprint density at radius 2 is 1.62 bits per heavy atom. The normalized spacial score (nSPS) is 18.7. The average molecular weight is 395 g/mol. The van der Waals surface area contributed by atoms with Gasteiger partial charge in [0.1, 0.15) is 0 Å². The molecule has 0 bridgehead atoms. The molecule has 2 fully saturated rings. The summed E-state index contributed by atoms with van der Waals surface area (Å²) in [6, 6.07) is 4.67. The molecular formula is C25H34N2O2. The minimum absolute atomic E-state index is 0.767. The second kappa shape index (κ2) is 10.5. The van der Waals surface area contributed by atoms with Crippen molar-refractivity contribution in [1.82, 2.24) is 4.90 Å². The van der Waals surface area contributed by atoms with Crippen LogP contribution in [-0.4, -0.2) is 57.5 Å². The lowest BCUT2D eigenvalue weighted by molar-refractivity contribution is 0.0554. The molecule has 2 heterocycles. The highest BCUT2D eigenvalue weighted by atomic mass is 16.5. The van der Waals surface area contributed by atoms with E-state index in [1.807, 2.05) is 6.08 Å². The summed E-state index contributed by atoms with van der Waals surface area (Å²) in [5.74, 6) is 2.70. The predicted molar refractivity (Wildman–Crippen MR) is 120 cm³/mol. The van der Waals surface area contributed by atoms with Gasteiger partial charge in [-0.1, -0.05) is 11.5 Å². The molecule has 0 aliphatic carbocycles. The van der Waals surface area contributed by atoms with Gasteiger partial charge >= 0.3 is 0 Å². The molecule has 0 radical (unpaired) electrons. The van der Waals surface area contributed by atoms with E-state index in [-0.39, 0.29) is 0 Å². The molecule has 2 aliphatic rings. The summed E-state index contributed by atoms with van der Waals surface area (Å²) >= 11 is 0. The average Bonchev–Trinajstić information content (AvgIpc) is 2.74. The second-order valence-corrected chi connectivity index (χ2v) is 7.98. The third-order valence-electron chi connectivity index (χ3n) is 5.83. The van der Waals surface area contributed by atoms with Gasteiger partial charge in [-0.3, -0.25) is 0 Å². The standard InChI is InChI=1S/C25H34N2O2/c1-5-6-23(26-9-13-28-14-10-26)17-20(2)7-8-25-21(3)18-24(19-22(25)4)27-11-15-29-16-12-27/h1,6,17-19H,7-16H2,2-4H3/b20-17-,23-6+. The molecule has 0 spiro atoms. The molecule has 0 aromatic heterocycles. The number of benzene rings is 1. The van der Waals surface area contributed by atoms with Crippen LogP contribution in [0.25, 0.3) is 0 Å². The fraction of sp³-hybridized carbons (Fsp3) is 0.520. The van der Waals surface area contributed by atoms with E-state index in [4.69, 9.17) is 15.9 Å². The third-order valence-corrected chi connectivity index (χ3v) is 5.83.